The summed E-state index contributed by atoms with van der Waals surface area (Å²) < 4.78 is 11.5. The predicted octanol–water partition coefficient (Wildman–Crippen LogP) is 2.06. The molecule has 2 aliphatic heterocycles. The van der Waals surface area contributed by atoms with Crippen LogP contribution in [0.5, 0.6) is 0 Å². The molecule has 1 unspecified atom stereocenters. The van der Waals surface area contributed by atoms with Crippen LogP contribution in [0.15, 0.2) is 0 Å². The van der Waals surface area contributed by atoms with Crippen LogP contribution in [0.3, 0.4) is 0 Å². The van der Waals surface area contributed by atoms with Gasteiger partial charge in [0.1, 0.15) is 11.8 Å². The number of hydrogen-bond acceptors (Lipinski definition) is 4. The summed E-state index contributed by atoms with van der Waals surface area (Å²) in [5, 5.41) is 0. The van der Waals surface area contributed by atoms with Gasteiger partial charge in [-0.3, -0.25) is 4.90 Å². The van der Waals surface area contributed by atoms with Crippen LogP contribution in [-0.2, 0) is 9.47 Å². The number of piperidine rings is 1. The second kappa shape index (κ2) is 4.94. The highest BCUT2D eigenvalue weighted by Crippen LogP contribution is 2.35. The van der Waals surface area contributed by atoms with Gasteiger partial charge in [-0.05, 0) is 47.6 Å². The van der Waals surface area contributed by atoms with Gasteiger partial charge in [0.25, 0.3) is 0 Å². The first-order valence-corrected chi connectivity index (χ1v) is 7.07. The quantitative estimate of drug-likeness (QED) is 0.676. The van der Waals surface area contributed by atoms with Crippen LogP contribution in [0.4, 0.5) is 4.79 Å². The van der Waals surface area contributed by atoms with E-state index >= 15 is 0 Å². The Morgan fingerprint density at radius 2 is 1.89 bits per heavy atom. The molecule has 0 saturated carbocycles. The molecule has 0 aromatic heterocycles. The zero-order chi connectivity index (χ0) is 14.3. The molecule has 19 heavy (non-hydrogen) atoms. The van der Waals surface area contributed by atoms with Gasteiger partial charge in [-0.25, -0.2) is 4.79 Å². The third-order valence-corrected chi connectivity index (χ3v) is 3.84. The molecule has 110 valence electrons. The van der Waals surface area contributed by atoms with Gasteiger partial charge in [0.2, 0.25) is 0 Å². The van der Waals surface area contributed by atoms with Crippen molar-refractivity contribution in [3.8, 4) is 0 Å². The smallest absolute Gasteiger partial charge is 0.412 e. The number of ether oxygens (including phenoxy) is 2. The van der Waals surface area contributed by atoms with Crippen LogP contribution in [0.1, 0.15) is 40.5 Å². The molecule has 2 rings (SSSR count). The van der Waals surface area contributed by atoms with E-state index in [-0.39, 0.29) is 17.9 Å². The van der Waals surface area contributed by atoms with E-state index in [1.54, 1.807) is 4.90 Å². The van der Waals surface area contributed by atoms with Gasteiger partial charge in [-0.2, -0.15) is 0 Å². The largest absolute Gasteiger partial charge is 0.444 e. The van der Waals surface area contributed by atoms with Crippen LogP contribution >= 0.6 is 0 Å². The molecule has 0 aromatic rings. The lowest BCUT2D eigenvalue weighted by atomic mass is 9.92. The summed E-state index contributed by atoms with van der Waals surface area (Å²) >= 11 is 0. The Morgan fingerprint density at radius 3 is 2.42 bits per heavy atom. The molecule has 2 aliphatic rings. The Hall–Kier alpha value is -0.810. The third kappa shape index (κ3) is 3.39. The van der Waals surface area contributed by atoms with Crippen molar-refractivity contribution >= 4 is 6.09 Å². The van der Waals surface area contributed by atoms with Gasteiger partial charge in [-0.15, -0.1) is 0 Å². The summed E-state index contributed by atoms with van der Waals surface area (Å²) in [7, 11) is 2.12. The van der Waals surface area contributed by atoms with Crippen molar-refractivity contribution in [1.29, 1.82) is 0 Å². The average Bonchev–Trinajstić information content (AvgIpc) is 2.59. The fourth-order valence-corrected chi connectivity index (χ4v) is 2.74. The number of carbonyl (C=O) groups excluding carboxylic acids is 1. The summed E-state index contributed by atoms with van der Waals surface area (Å²) in [6, 6.07) is 0. The minimum atomic E-state index is -0.459. The first-order chi connectivity index (χ1) is 8.71. The summed E-state index contributed by atoms with van der Waals surface area (Å²) in [6.45, 7) is 10.3. The first kappa shape index (κ1) is 14.6. The van der Waals surface area contributed by atoms with E-state index in [9.17, 15) is 4.79 Å². The Labute approximate surface area is 115 Å². The molecule has 2 saturated heterocycles. The number of nitrogens with zero attached hydrogens (tertiary/aromatic N) is 2. The average molecular weight is 270 g/mol. The third-order valence-electron chi connectivity index (χ3n) is 3.84. The van der Waals surface area contributed by atoms with Crippen LogP contribution in [0.25, 0.3) is 0 Å². The minimum Gasteiger partial charge on any atom is -0.444 e. The summed E-state index contributed by atoms with van der Waals surface area (Å²) in [6.07, 6.45) is 1.49. The lowest BCUT2D eigenvalue weighted by Crippen LogP contribution is -2.46. The van der Waals surface area contributed by atoms with E-state index in [2.05, 4.69) is 11.9 Å². The second-order valence-corrected chi connectivity index (χ2v) is 6.81. The minimum absolute atomic E-state index is 0.164. The Balaban J connectivity index is 1.99. The number of hydrogen-bond donors (Lipinski definition) is 0. The highest BCUT2D eigenvalue weighted by atomic mass is 16.6. The SMILES string of the molecule is CC1OC2(CCN(C)CC2)CN1C(=O)OC(C)(C)C. The highest BCUT2D eigenvalue weighted by Gasteiger charge is 2.47. The van der Waals surface area contributed by atoms with Crippen molar-refractivity contribution in [1.82, 2.24) is 9.80 Å². The molecule has 1 spiro atoms. The van der Waals surface area contributed by atoms with Crippen LogP contribution in [0.2, 0.25) is 0 Å². The molecule has 0 N–H and O–H groups in total. The van der Waals surface area contributed by atoms with E-state index in [0.29, 0.717) is 6.54 Å². The van der Waals surface area contributed by atoms with Gasteiger partial charge in [0.15, 0.2) is 0 Å². The first-order valence-electron chi connectivity index (χ1n) is 7.07. The van der Waals surface area contributed by atoms with Gasteiger partial charge in [0, 0.05) is 13.1 Å². The van der Waals surface area contributed by atoms with Crippen molar-refractivity contribution in [2.45, 2.75) is 58.0 Å². The van der Waals surface area contributed by atoms with Crippen molar-refractivity contribution in [3.05, 3.63) is 0 Å². The molecule has 0 bridgehead atoms. The maximum atomic E-state index is 12.2. The molecule has 1 atom stereocenters. The second-order valence-electron chi connectivity index (χ2n) is 6.81. The Kier molecular flexibility index (Phi) is 3.80. The monoisotopic (exact) mass is 270 g/mol. The van der Waals surface area contributed by atoms with Crippen LogP contribution < -0.4 is 0 Å². The van der Waals surface area contributed by atoms with E-state index in [1.807, 2.05) is 27.7 Å². The molecule has 2 fully saturated rings. The van der Waals surface area contributed by atoms with Gasteiger partial charge in [-0.1, -0.05) is 0 Å². The maximum Gasteiger partial charge on any atom is 0.412 e. The van der Waals surface area contributed by atoms with Crippen molar-refractivity contribution in [2.75, 3.05) is 26.7 Å². The molecule has 1 amide bonds. The number of amides is 1. The number of carbonyl (C=O) groups is 1. The standard InChI is InChI=1S/C14H26N2O3/c1-11-16(12(17)19-13(2,3)4)10-14(18-11)6-8-15(5)9-7-14/h11H,6-10H2,1-5H3. The lowest BCUT2D eigenvalue weighted by Gasteiger charge is -2.36. The molecular formula is C14H26N2O3. The van der Waals surface area contributed by atoms with E-state index in [4.69, 9.17) is 9.47 Å². The van der Waals surface area contributed by atoms with E-state index < -0.39 is 5.60 Å². The van der Waals surface area contributed by atoms with E-state index in [0.717, 1.165) is 25.9 Å². The molecule has 2 heterocycles. The summed E-state index contributed by atoms with van der Waals surface area (Å²) in [5.41, 5.74) is -0.623. The summed E-state index contributed by atoms with van der Waals surface area (Å²) in [5.74, 6) is 0. The maximum absolute atomic E-state index is 12.2. The molecule has 0 aromatic carbocycles. The zero-order valence-electron chi connectivity index (χ0n) is 12.7. The molecule has 5 nitrogen and oxygen atoms in total. The van der Waals surface area contributed by atoms with Gasteiger partial charge < -0.3 is 14.4 Å². The normalized spacial score (nSPS) is 27.8. The summed E-state index contributed by atoms with van der Waals surface area (Å²) in [4.78, 5) is 16.2. The molecule has 5 heteroatoms. The van der Waals surface area contributed by atoms with Crippen molar-refractivity contribution in [2.24, 2.45) is 0 Å². The fraction of sp³-hybridized carbons (Fsp3) is 0.929. The van der Waals surface area contributed by atoms with Gasteiger partial charge in [0.05, 0.1) is 12.1 Å². The fourth-order valence-electron chi connectivity index (χ4n) is 2.74. The van der Waals surface area contributed by atoms with Crippen molar-refractivity contribution < 1.29 is 14.3 Å². The van der Waals surface area contributed by atoms with Crippen LogP contribution in [-0.4, -0.2) is 60.0 Å². The Morgan fingerprint density at radius 1 is 1.32 bits per heavy atom. The predicted molar refractivity (Wildman–Crippen MR) is 72.9 cm³/mol. The Bertz CT molecular complexity index is 343. The molecule has 0 aliphatic carbocycles. The molecular weight excluding hydrogens is 244 g/mol. The number of rotatable bonds is 0. The number of likely N-dealkylation sites (tertiary alicyclic amines) is 1. The topological polar surface area (TPSA) is 42.0 Å². The van der Waals surface area contributed by atoms with E-state index in [1.165, 1.54) is 0 Å². The zero-order valence-corrected chi connectivity index (χ0v) is 12.7. The molecule has 0 radical (unpaired) electrons. The lowest BCUT2D eigenvalue weighted by molar-refractivity contribution is -0.0752. The van der Waals surface area contributed by atoms with Crippen molar-refractivity contribution in [3.63, 3.8) is 0 Å². The van der Waals surface area contributed by atoms with Crippen LogP contribution in [0, 0.1) is 0 Å². The van der Waals surface area contributed by atoms with Gasteiger partial charge >= 0.3 is 6.09 Å². The highest BCUT2D eigenvalue weighted by molar-refractivity contribution is 5.68.